The van der Waals surface area contributed by atoms with E-state index in [-0.39, 0.29) is 11.3 Å². The fourth-order valence-corrected chi connectivity index (χ4v) is 3.02. The number of benzene rings is 2. The van der Waals surface area contributed by atoms with E-state index in [4.69, 9.17) is 0 Å². The average Bonchev–Trinajstić information content (AvgIpc) is 2.94. The number of aromatic nitrogens is 1. The molecule has 128 valence electrons. The SMILES string of the molecule is Cc1c(C(=O)Nc2ccccc2)cc(C(C)(C)C)n1-c1ccccc1. The third-order valence-electron chi connectivity index (χ3n) is 4.31. The maximum atomic E-state index is 12.8. The molecule has 1 amide bonds. The van der Waals surface area contributed by atoms with E-state index in [1.54, 1.807) is 0 Å². The number of hydrogen-bond donors (Lipinski definition) is 1. The zero-order chi connectivity index (χ0) is 18.0. The summed E-state index contributed by atoms with van der Waals surface area (Å²) in [4.78, 5) is 12.8. The van der Waals surface area contributed by atoms with Crippen molar-refractivity contribution in [2.45, 2.75) is 33.1 Å². The number of rotatable bonds is 3. The summed E-state index contributed by atoms with van der Waals surface area (Å²) in [5.41, 5.74) is 4.57. The van der Waals surface area contributed by atoms with Gasteiger partial charge in [0.15, 0.2) is 0 Å². The van der Waals surface area contributed by atoms with Crippen molar-refractivity contribution in [2.24, 2.45) is 0 Å². The summed E-state index contributed by atoms with van der Waals surface area (Å²) in [5, 5.41) is 2.99. The van der Waals surface area contributed by atoms with Gasteiger partial charge in [0, 0.05) is 28.2 Å². The molecule has 1 heterocycles. The summed E-state index contributed by atoms with van der Waals surface area (Å²) in [6, 6.07) is 21.7. The summed E-state index contributed by atoms with van der Waals surface area (Å²) in [5.74, 6) is -0.0797. The zero-order valence-electron chi connectivity index (χ0n) is 15.2. The number of carbonyl (C=O) groups excluding carboxylic acids is 1. The number of carbonyl (C=O) groups is 1. The van der Waals surface area contributed by atoms with Crippen LogP contribution in [0, 0.1) is 6.92 Å². The summed E-state index contributed by atoms with van der Waals surface area (Å²) in [6.07, 6.45) is 0. The van der Waals surface area contributed by atoms with Crippen LogP contribution in [0.5, 0.6) is 0 Å². The third-order valence-corrected chi connectivity index (χ3v) is 4.31. The molecule has 1 N–H and O–H groups in total. The molecule has 0 atom stereocenters. The van der Waals surface area contributed by atoms with E-state index < -0.39 is 0 Å². The van der Waals surface area contributed by atoms with E-state index in [1.807, 2.05) is 61.5 Å². The Labute approximate surface area is 149 Å². The summed E-state index contributed by atoms with van der Waals surface area (Å²) in [7, 11) is 0. The zero-order valence-corrected chi connectivity index (χ0v) is 15.2. The van der Waals surface area contributed by atoms with Crippen LogP contribution in [0.25, 0.3) is 5.69 Å². The van der Waals surface area contributed by atoms with E-state index in [0.717, 1.165) is 22.8 Å². The van der Waals surface area contributed by atoms with Crippen LogP contribution in [0.3, 0.4) is 0 Å². The fourth-order valence-electron chi connectivity index (χ4n) is 3.02. The van der Waals surface area contributed by atoms with Crippen LogP contribution in [0.15, 0.2) is 66.7 Å². The molecular weight excluding hydrogens is 308 g/mol. The van der Waals surface area contributed by atoms with Gasteiger partial charge in [-0.2, -0.15) is 0 Å². The van der Waals surface area contributed by atoms with E-state index in [2.05, 4.69) is 42.8 Å². The Morgan fingerprint density at radius 1 is 0.920 bits per heavy atom. The summed E-state index contributed by atoms with van der Waals surface area (Å²) < 4.78 is 2.18. The van der Waals surface area contributed by atoms with Crippen LogP contribution in [0.1, 0.15) is 42.5 Å². The molecule has 0 bridgehead atoms. The van der Waals surface area contributed by atoms with Crippen molar-refractivity contribution < 1.29 is 4.79 Å². The minimum atomic E-state index is -0.0797. The van der Waals surface area contributed by atoms with Crippen molar-refractivity contribution in [1.82, 2.24) is 4.57 Å². The lowest BCUT2D eigenvalue weighted by Crippen LogP contribution is -2.17. The average molecular weight is 332 g/mol. The Morgan fingerprint density at radius 2 is 1.48 bits per heavy atom. The summed E-state index contributed by atoms with van der Waals surface area (Å²) >= 11 is 0. The predicted molar refractivity (Wildman–Crippen MR) is 104 cm³/mol. The van der Waals surface area contributed by atoms with Gasteiger partial charge >= 0.3 is 0 Å². The van der Waals surface area contributed by atoms with E-state index in [9.17, 15) is 4.79 Å². The Kier molecular flexibility index (Phi) is 4.49. The maximum absolute atomic E-state index is 12.8. The number of nitrogens with zero attached hydrogens (tertiary/aromatic N) is 1. The first kappa shape index (κ1) is 17.0. The lowest BCUT2D eigenvalue weighted by molar-refractivity contribution is 0.102. The van der Waals surface area contributed by atoms with Crippen LogP contribution < -0.4 is 5.32 Å². The highest BCUT2D eigenvalue weighted by molar-refractivity contribution is 6.05. The molecule has 0 unspecified atom stereocenters. The fraction of sp³-hybridized carbons (Fsp3) is 0.227. The molecule has 25 heavy (non-hydrogen) atoms. The van der Waals surface area contributed by atoms with Crippen LogP contribution in [-0.4, -0.2) is 10.5 Å². The molecule has 3 aromatic rings. The van der Waals surface area contributed by atoms with Gasteiger partial charge in [-0.3, -0.25) is 4.79 Å². The molecule has 0 aliphatic rings. The van der Waals surface area contributed by atoms with Gasteiger partial charge in [-0.15, -0.1) is 0 Å². The normalized spacial score (nSPS) is 11.4. The molecular formula is C22H24N2O. The first-order valence-electron chi connectivity index (χ1n) is 8.52. The molecule has 0 saturated heterocycles. The molecule has 0 aliphatic carbocycles. The molecule has 3 nitrogen and oxygen atoms in total. The molecule has 0 spiro atoms. The van der Waals surface area contributed by atoms with Crippen LogP contribution in [-0.2, 0) is 5.41 Å². The van der Waals surface area contributed by atoms with Crippen LogP contribution in [0.4, 0.5) is 5.69 Å². The number of para-hydroxylation sites is 2. The second kappa shape index (κ2) is 6.60. The Hall–Kier alpha value is -2.81. The van der Waals surface area contributed by atoms with Crippen molar-refractivity contribution in [1.29, 1.82) is 0 Å². The molecule has 3 heteroatoms. The largest absolute Gasteiger partial charge is 0.322 e. The van der Waals surface area contributed by atoms with E-state index in [0.29, 0.717) is 5.56 Å². The first-order valence-corrected chi connectivity index (χ1v) is 8.52. The van der Waals surface area contributed by atoms with E-state index in [1.165, 1.54) is 0 Å². The van der Waals surface area contributed by atoms with Crippen LogP contribution >= 0.6 is 0 Å². The lowest BCUT2D eigenvalue weighted by atomic mass is 9.91. The van der Waals surface area contributed by atoms with Gasteiger partial charge in [0.25, 0.3) is 5.91 Å². The number of nitrogens with one attached hydrogen (secondary N) is 1. The van der Waals surface area contributed by atoms with Gasteiger partial charge in [-0.25, -0.2) is 0 Å². The van der Waals surface area contributed by atoms with Gasteiger partial charge in [0.05, 0.1) is 5.56 Å². The first-order chi connectivity index (χ1) is 11.9. The molecule has 0 radical (unpaired) electrons. The molecule has 0 fully saturated rings. The molecule has 0 aliphatic heterocycles. The summed E-state index contributed by atoms with van der Waals surface area (Å²) in [6.45, 7) is 8.50. The second-order valence-corrected chi connectivity index (χ2v) is 7.27. The van der Waals surface area contributed by atoms with Gasteiger partial charge in [-0.05, 0) is 37.3 Å². The minimum absolute atomic E-state index is 0.0775. The molecule has 2 aromatic carbocycles. The third kappa shape index (κ3) is 3.50. The second-order valence-electron chi connectivity index (χ2n) is 7.27. The quantitative estimate of drug-likeness (QED) is 0.690. The highest BCUT2D eigenvalue weighted by atomic mass is 16.1. The Bertz CT molecular complexity index is 872. The Morgan fingerprint density at radius 3 is 2.04 bits per heavy atom. The standard InChI is InChI=1S/C22H24N2O/c1-16-19(21(25)23-17-11-7-5-8-12-17)15-20(22(2,3)4)24(16)18-13-9-6-10-14-18/h5-15H,1-4H3,(H,23,25). The topological polar surface area (TPSA) is 34.0 Å². The number of hydrogen-bond acceptors (Lipinski definition) is 1. The van der Waals surface area contributed by atoms with Crippen molar-refractivity contribution in [3.63, 3.8) is 0 Å². The Balaban J connectivity index is 2.07. The van der Waals surface area contributed by atoms with Crippen LogP contribution in [0.2, 0.25) is 0 Å². The molecule has 3 rings (SSSR count). The van der Waals surface area contributed by atoms with Crippen molar-refractivity contribution in [3.05, 3.63) is 83.7 Å². The highest BCUT2D eigenvalue weighted by Crippen LogP contribution is 2.31. The van der Waals surface area contributed by atoms with Gasteiger partial charge in [-0.1, -0.05) is 57.2 Å². The van der Waals surface area contributed by atoms with E-state index >= 15 is 0 Å². The number of anilines is 1. The molecule has 1 aromatic heterocycles. The van der Waals surface area contributed by atoms with Crippen molar-refractivity contribution in [3.8, 4) is 5.69 Å². The number of amides is 1. The van der Waals surface area contributed by atoms with Gasteiger partial charge in [0.1, 0.15) is 0 Å². The van der Waals surface area contributed by atoms with Crippen molar-refractivity contribution >= 4 is 11.6 Å². The molecule has 0 saturated carbocycles. The minimum Gasteiger partial charge on any atom is -0.322 e. The van der Waals surface area contributed by atoms with Crippen molar-refractivity contribution in [2.75, 3.05) is 5.32 Å². The highest BCUT2D eigenvalue weighted by Gasteiger charge is 2.25. The lowest BCUT2D eigenvalue weighted by Gasteiger charge is -2.22. The maximum Gasteiger partial charge on any atom is 0.257 e. The van der Waals surface area contributed by atoms with Gasteiger partial charge in [0.2, 0.25) is 0 Å². The monoisotopic (exact) mass is 332 g/mol. The predicted octanol–water partition coefficient (Wildman–Crippen LogP) is 5.34. The van der Waals surface area contributed by atoms with Gasteiger partial charge < -0.3 is 9.88 Å². The smallest absolute Gasteiger partial charge is 0.257 e.